The summed E-state index contributed by atoms with van der Waals surface area (Å²) in [7, 11) is 1.34. The number of hydrogen-bond acceptors (Lipinski definition) is 12. The van der Waals surface area contributed by atoms with Gasteiger partial charge in [-0.25, -0.2) is 20.2 Å². The molecule has 0 aliphatic carbocycles. The molecule has 2 aromatic carbocycles. The fourth-order valence-corrected chi connectivity index (χ4v) is 7.69. The second-order valence-electron chi connectivity index (χ2n) is 17.2. The Morgan fingerprint density at radius 2 is 1.15 bits per heavy atom. The summed E-state index contributed by atoms with van der Waals surface area (Å²) in [6.45, 7) is 13.6. The van der Waals surface area contributed by atoms with Gasteiger partial charge in [0.05, 0.1) is 7.11 Å². The molecule has 4 aromatic rings. The smallest absolute Gasteiger partial charge is 0.407 e. The van der Waals surface area contributed by atoms with E-state index in [-0.39, 0.29) is 12.1 Å². The van der Waals surface area contributed by atoms with Gasteiger partial charge in [0.2, 0.25) is 0 Å². The van der Waals surface area contributed by atoms with Crippen LogP contribution in [0.4, 0.5) is 21.2 Å². The standard InChI is InChI=1S/C22H29ClN4O4.C21H29ClN6O3/c1-22(2,3)31-21(29)24-15-9-7-11-27(13-15)19-16(18(25-26-19)20(28)30-4)12-14-8-5-6-10-17(14)23;1-21(2,3)31-20(30)24-14-8-6-10-28(12-14)18-15(17(26-27-18)19(29)25-23)11-13-7-4-5-9-16(13)22/h5-6,8,10,15H,7,9,11-13H2,1-4H3,(H,24,29)(H,25,26);4-5,7,9,14H,6,8,10-12,23H2,1-3H3,(H,24,30)(H,25,29)(H,26,27)/t15-;14-/m11/s1. The number of esters is 1. The minimum absolute atomic E-state index is 0.0879. The zero-order valence-electron chi connectivity index (χ0n) is 36.3. The Balaban J connectivity index is 0.000000234. The monoisotopic (exact) mass is 896 g/mol. The number of nitrogens with two attached hydrogens (primary N) is 1. The summed E-state index contributed by atoms with van der Waals surface area (Å²) in [5.74, 6) is 5.73. The van der Waals surface area contributed by atoms with Gasteiger partial charge >= 0.3 is 18.2 Å². The molecule has 4 heterocycles. The number of nitrogens with one attached hydrogen (secondary N) is 5. The van der Waals surface area contributed by atoms with Crippen LogP contribution >= 0.6 is 23.2 Å². The highest BCUT2D eigenvalue weighted by molar-refractivity contribution is 6.31. The average molecular weight is 898 g/mol. The maximum Gasteiger partial charge on any atom is 0.407 e. The van der Waals surface area contributed by atoms with Gasteiger partial charge in [-0.2, -0.15) is 10.2 Å². The lowest BCUT2D eigenvalue weighted by atomic mass is 10.0. The normalized spacial score (nSPS) is 16.7. The zero-order chi connectivity index (χ0) is 45.2. The summed E-state index contributed by atoms with van der Waals surface area (Å²) in [5, 5.41) is 21.6. The van der Waals surface area contributed by atoms with Crippen LogP contribution in [-0.2, 0) is 27.1 Å². The molecule has 17 nitrogen and oxygen atoms in total. The number of H-pyrrole nitrogens is 2. The average Bonchev–Trinajstić information content (AvgIpc) is 3.82. The number of aromatic nitrogens is 4. The number of halogens is 2. The van der Waals surface area contributed by atoms with Crippen LogP contribution < -0.4 is 31.7 Å². The lowest BCUT2D eigenvalue weighted by molar-refractivity contribution is 0.0488. The van der Waals surface area contributed by atoms with E-state index in [1.54, 1.807) is 6.07 Å². The van der Waals surface area contributed by atoms with Crippen LogP contribution in [0, 0.1) is 0 Å². The molecule has 3 amide bonds. The number of aromatic amines is 2. The number of methoxy groups -OCH3 is 1. The van der Waals surface area contributed by atoms with Crippen LogP contribution in [0.15, 0.2) is 48.5 Å². The molecule has 2 aromatic heterocycles. The summed E-state index contributed by atoms with van der Waals surface area (Å²) in [5.41, 5.74) is 4.82. The van der Waals surface area contributed by atoms with E-state index in [9.17, 15) is 19.2 Å². The van der Waals surface area contributed by atoms with Crippen LogP contribution in [0.3, 0.4) is 0 Å². The number of nitrogens with zero attached hydrogens (tertiary/aromatic N) is 4. The highest BCUT2D eigenvalue weighted by Crippen LogP contribution is 2.31. The SMILES string of the molecule is CC(C)(C)OC(=O)N[C@@H]1CCCN(c2n[nH]c(C(=O)NN)c2Cc2ccccc2Cl)C1.COC(=O)c1[nH]nc(N2CCC[C@@H](NC(=O)OC(C)(C)C)C2)c1Cc1ccccc1Cl. The third-order valence-electron chi connectivity index (χ3n) is 9.97. The molecule has 2 aliphatic heterocycles. The number of hydrazine groups is 1. The van der Waals surface area contributed by atoms with Crippen LogP contribution in [0.2, 0.25) is 10.0 Å². The van der Waals surface area contributed by atoms with E-state index in [1.165, 1.54) is 7.11 Å². The molecule has 2 aliphatic rings. The van der Waals surface area contributed by atoms with Crippen molar-refractivity contribution < 1.29 is 33.4 Å². The van der Waals surface area contributed by atoms with E-state index in [1.807, 2.05) is 84.0 Å². The van der Waals surface area contributed by atoms with Crippen molar-refractivity contribution in [1.82, 2.24) is 36.5 Å². The molecule has 2 atom stereocenters. The second kappa shape index (κ2) is 21.0. The Morgan fingerprint density at radius 1 is 0.726 bits per heavy atom. The van der Waals surface area contributed by atoms with Gasteiger partial charge in [0.15, 0.2) is 11.6 Å². The number of amides is 3. The molecule has 336 valence electrons. The van der Waals surface area contributed by atoms with Crippen LogP contribution in [0.1, 0.15) is 110 Å². The van der Waals surface area contributed by atoms with Crippen LogP contribution in [0.5, 0.6) is 0 Å². The summed E-state index contributed by atoms with van der Waals surface area (Å²) >= 11 is 12.7. The number of rotatable bonds is 10. The number of ether oxygens (including phenoxy) is 3. The van der Waals surface area contributed by atoms with E-state index in [2.05, 4.69) is 46.3 Å². The number of benzene rings is 2. The molecular formula is C43H58Cl2N10O7. The zero-order valence-corrected chi connectivity index (χ0v) is 37.8. The Bertz CT molecular complexity index is 2030. The lowest BCUT2D eigenvalue weighted by Gasteiger charge is -2.34. The van der Waals surface area contributed by atoms with E-state index in [0.29, 0.717) is 64.6 Å². The van der Waals surface area contributed by atoms with Gasteiger partial charge in [-0.05, 0) is 90.5 Å². The minimum Gasteiger partial charge on any atom is -0.464 e. The number of hydrogen-bond donors (Lipinski definition) is 6. The van der Waals surface area contributed by atoms with E-state index >= 15 is 0 Å². The molecule has 0 bridgehead atoms. The summed E-state index contributed by atoms with van der Waals surface area (Å²) < 4.78 is 15.7. The predicted molar refractivity (Wildman–Crippen MR) is 238 cm³/mol. The first kappa shape index (κ1) is 47.5. The molecule has 62 heavy (non-hydrogen) atoms. The van der Waals surface area contributed by atoms with Gasteiger partial charge in [0, 0.05) is 72.3 Å². The number of nitrogen functional groups attached to an aromatic ring is 1. The van der Waals surface area contributed by atoms with Crippen molar-refractivity contribution in [2.24, 2.45) is 5.84 Å². The van der Waals surface area contributed by atoms with Gasteiger partial charge in [0.25, 0.3) is 5.91 Å². The van der Waals surface area contributed by atoms with Crippen molar-refractivity contribution in [2.45, 2.75) is 103 Å². The van der Waals surface area contributed by atoms with Crippen LogP contribution in [-0.4, -0.2) is 101 Å². The first-order valence-electron chi connectivity index (χ1n) is 20.5. The quantitative estimate of drug-likeness (QED) is 0.0323. The maximum atomic E-state index is 12.3. The molecule has 2 saturated heterocycles. The molecule has 19 heteroatoms. The summed E-state index contributed by atoms with van der Waals surface area (Å²) in [6, 6.07) is 14.8. The molecule has 2 fully saturated rings. The molecule has 7 N–H and O–H groups in total. The third-order valence-corrected chi connectivity index (χ3v) is 10.7. The number of carbonyl (C=O) groups excluding carboxylic acids is 4. The van der Waals surface area contributed by atoms with Crippen molar-refractivity contribution in [3.8, 4) is 0 Å². The third kappa shape index (κ3) is 13.2. The highest BCUT2D eigenvalue weighted by atomic mass is 35.5. The number of piperidine rings is 2. The van der Waals surface area contributed by atoms with E-state index < -0.39 is 35.3 Å². The summed E-state index contributed by atoms with van der Waals surface area (Å²) in [4.78, 5) is 53.2. The Kier molecular flexibility index (Phi) is 16.1. The summed E-state index contributed by atoms with van der Waals surface area (Å²) in [6.07, 6.45) is 3.35. The highest BCUT2D eigenvalue weighted by Gasteiger charge is 2.31. The van der Waals surface area contributed by atoms with Crippen molar-refractivity contribution in [2.75, 3.05) is 43.1 Å². The number of carbonyl (C=O) groups is 4. The van der Waals surface area contributed by atoms with Crippen molar-refractivity contribution in [3.63, 3.8) is 0 Å². The first-order valence-corrected chi connectivity index (χ1v) is 21.3. The van der Waals surface area contributed by atoms with E-state index in [0.717, 1.165) is 55.5 Å². The molecule has 0 radical (unpaired) electrons. The number of anilines is 2. The van der Waals surface area contributed by atoms with Crippen molar-refractivity contribution in [3.05, 3.63) is 92.2 Å². The Hall–Kier alpha value is -5.52. The fraction of sp³-hybridized carbons (Fsp3) is 0.488. The Morgan fingerprint density at radius 3 is 1.55 bits per heavy atom. The van der Waals surface area contributed by atoms with Gasteiger partial charge in [-0.3, -0.25) is 20.4 Å². The Labute approximate surface area is 372 Å². The molecular weight excluding hydrogens is 839 g/mol. The molecule has 0 saturated carbocycles. The van der Waals surface area contributed by atoms with Gasteiger partial charge in [-0.1, -0.05) is 59.6 Å². The number of alkyl carbamates (subject to hydrolysis) is 2. The predicted octanol–water partition coefficient (Wildman–Crippen LogP) is 6.68. The van der Waals surface area contributed by atoms with Crippen LogP contribution in [0.25, 0.3) is 0 Å². The fourth-order valence-electron chi connectivity index (χ4n) is 7.29. The van der Waals surface area contributed by atoms with Crippen molar-refractivity contribution in [1.29, 1.82) is 0 Å². The molecule has 0 spiro atoms. The first-order chi connectivity index (χ1) is 29.3. The minimum atomic E-state index is -0.562. The molecule has 0 unspecified atom stereocenters. The maximum absolute atomic E-state index is 12.3. The van der Waals surface area contributed by atoms with Gasteiger partial charge in [0.1, 0.15) is 22.6 Å². The topological polar surface area (TPSA) is 222 Å². The van der Waals surface area contributed by atoms with Crippen molar-refractivity contribution >= 4 is 58.9 Å². The van der Waals surface area contributed by atoms with E-state index in [4.69, 9.17) is 43.3 Å². The molecule has 6 rings (SSSR count). The largest absolute Gasteiger partial charge is 0.464 e. The lowest BCUT2D eigenvalue weighted by Crippen LogP contribution is -2.49. The van der Waals surface area contributed by atoms with Gasteiger partial charge < -0.3 is 34.6 Å². The second-order valence-corrected chi connectivity index (χ2v) is 18.0. The van der Waals surface area contributed by atoms with Gasteiger partial charge in [-0.15, -0.1) is 0 Å².